The number of rotatable bonds is 1. The van der Waals surface area contributed by atoms with Crippen LogP contribution in [0.5, 0.6) is 17.2 Å². The average Bonchev–Trinajstić information content (AvgIpc) is 2.26. The molecule has 0 spiro atoms. The summed E-state index contributed by atoms with van der Waals surface area (Å²) in [6.07, 6.45) is 1.54. The summed E-state index contributed by atoms with van der Waals surface area (Å²) < 4.78 is 0. The van der Waals surface area contributed by atoms with Crippen LogP contribution in [0.25, 0.3) is 11.3 Å². The predicted octanol–water partition coefficient (Wildman–Crippen LogP) is 1.87. The molecule has 4 nitrogen and oxygen atoms in total. The van der Waals surface area contributed by atoms with Gasteiger partial charge in [0, 0.05) is 6.20 Å². The van der Waals surface area contributed by atoms with Crippen LogP contribution in [0.3, 0.4) is 0 Å². The van der Waals surface area contributed by atoms with Crippen LogP contribution in [0.15, 0.2) is 36.5 Å². The molecular formula is C11H9NO3. The third-order valence-corrected chi connectivity index (χ3v) is 2.06. The van der Waals surface area contributed by atoms with E-state index in [0.29, 0.717) is 5.69 Å². The van der Waals surface area contributed by atoms with Gasteiger partial charge < -0.3 is 15.3 Å². The zero-order valence-electron chi connectivity index (χ0n) is 7.75. The van der Waals surface area contributed by atoms with Gasteiger partial charge in [-0.15, -0.1) is 0 Å². The standard InChI is InChI=1S/C11H9NO3/c13-8-4-5-9(14)11(15)10(8)7-3-1-2-6-12-7/h1-6,13-15H. The number of phenolic OH excluding ortho intramolecular Hbond substituents is 3. The highest BCUT2D eigenvalue weighted by atomic mass is 16.3. The first-order valence-corrected chi connectivity index (χ1v) is 4.35. The van der Waals surface area contributed by atoms with Crippen molar-refractivity contribution >= 4 is 0 Å². The third kappa shape index (κ3) is 1.57. The van der Waals surface area contributed by atoms with Crippen molar-refractivity contribution in [2.75, 3.05) is 0 Å². The maximum Gasteiger partial charge on any atom is 0.170 e. The minimum atomic E-state index is -0.367. The molecule has 0 bridgehead atoms. The Morgan fingerprint density at radius 3 is 2.27 bits per heavy atom. The van der Waals surface area contributed by atoms with Crippen LogP contribution in [-0.2, 0) is 0 Å². The monoisotopic (exact) mass is 203 g/mol. The van der Waals surface area contributed by atoms with Crippen LogP contribution in [0.2, 0.25) is 0 Å². The van der Waals surface area contributed by atoms with Gasteiger partial charge in [-0.05, 0) is 24.3 Å². The van der Waals surface area contributed by atoms with Gasteiger partial charge in [-0.3, -0.25) is 4.98 Å². The van der Waals surface area contributed by atoms with Crippen LogP contribution < -0.4 is 0 Å². The van der Waals surface area contributed by atoms with Gasteiger partial charge in [0.2, 0.25) is 0 Å². The summed E-state index contributed by atoms with van der Waals surface area (Å²) in [4.78, 5) is 3.98. The molecule has 1 aromatic carbocycles. The van der Waals surface area contributed by atoms with Gasteiger partial charge >= 0.3 is 0 Å². The second kappa shape index (κ2) is 3.49. The lowest BCUT2D eigenvalue weighted by molar-refractivity contribution is 0.398. The Balaban J connectivity index is 2.68. The van der Waals surface area contributed by atoms with Crippen LogP contribution in [0.4, 0.5) is 0 Å². The Bertz CT molecular complexity index is 483. The molecule has 1 aromatic heterocycles. The van der Waals surface area contributed by atoms with E-state index < -0.39 is 0 Å². The normalized spacial score (nSPS) is 10.1. The van der Waals surface area contributed by atoms with Crippen molar-refractivity contribution in [2.24, 2.45) is 0 Å². The Morgan fingerprint density at radius 1 is 0.867 bits per heavy atom. The lowest BCUT2D eigenvalue weighted by Crippen LogP contribution is -1.84. The van der Waals surface area contributed by atoms with Gasteiger partial charge in [0.05, 0.1) is 11.3 Å². The van der Waals surface area contributed by atoms with Crippen LogP contribution in [0, 0.1) is 0 Å². The molecule has 0 saturated heterocycles. The number of pyridine rings is 1. The molecule has 0 atom stereocenters. The first kappa shape index (κ1) is 9.33. The molecule has 76 valence electrons. The van der Waals surface area contributed by atoms with Crippen LogP contribution >= 0.6 is 0 Å². The number of phenols is 3. The third-order valence-electron chi connectivity index (χ3n) is 2.06. The molecule has 0 aliphatic heterocycles. The molecule has 2 aromatic rings. The summed E-state index contributed by atoms with van der Waals surface area (Å²) in [7, 11) is 0. The number of hydrogen-bond acceptors (Lipinski definition) is 4. The Labute approximate surface area is 86.1 Å². The highest BCUT2D eigenvalue weighted by molar-refractivity contribution is 5.76. The minimum Gasteiger partial charge on any atom is -0.507 e. The SMILES string of the molecule is Oc1ccc(O)c(-c2ccccn2)c1O. The first-order valence-electron chi connectivity index (χ1n) is 4.35. The zero-order chi connectivity index (χ0) is 10.8. The van der Waals surface area contributed by atoms with Crippen molar-refractivity contribution in [2.45, 2.75) is 0 Å². The summed E-state index contributed by atoms with van der Waals surface area (Å²) in [5, 5.41) is 28.4. The van der Waals surface area contributed by atoms with Crippen molar-refractivity contribution in [3.05, 3.63) is 36.5 Å². The lowest BCUT2D eigenvalue weighted by Gasteiger charge is -2.07. The second-order valence-corrected chi connectivity index (χ2v) is 3.04. The molecule has 4 heteroatoms. The predicted molar refractivity (Wildman–Crippen MR) is 54.7 cm³/mol. The molecule has 0 amide bonds. The smallest absolute Gasteiger partial charge is 0.170 e. The summed E-state index contributed by atoms with van der Waals surface area (Å²) in [5.74, 6) is -0.772. The maximum atomic E-state index is 9.58. The quantitative estimate of drug-likeness (QED) is 0.488. The van der Waals surface area contributed by atoms with Crippen LogP contribution in [-0.4, -0.2) is 20.3 Å². The van der Waals surface area contributed by atoms with Gasteiger partial charge in [0.15, 0.2) is 11.5 Å². The van der Waals surface area contributed by atoms with E-state index in [9.17, 15) is 15.3 Å². The summed E-state index contributed by atoms with van der Waals surface area (Å²) in [5.41, 5.74) is 0.541. The van der Waals surface area contributed by atoms with E-state index in [-0.39, 0.29) is 22.8 Å². The molecule has 3 N–H and O–H groups in total. The molecule has 0 fully saturated rings. The van der Waals surface area contributed by atoms with E-state index >= 15 is 0 Å². The van der Waals surface area contributed by atoms with E-state index in [4.69, 9.17) is 0 Å². The molecule has 15 heavy (non-hydrogen) atoms. The fourth-order valence-electron chi connectivity index (χ4n) is 1.33. The molecule has 0 aliphatic carbocycles. The summed E-state index contributed by atoms with van der Waals surface area (Å²) in [6.45, 7) is 0. The molecule has 0 saturated carbocycles. The van der Waals surface area contributed by atoms with Gasteiger partial charge in [-0.2, -0.15) is 0 Å². The lowest BCUT2D eigenvalue weighted by atomic mass is 10.1. The Hall–Kier alpha value is -2.23. The molecule has 2 rings (SSSR count). The average molecular weight is 203 g/mol. The topological polar surface area (TPSA) is 73.6 Å². The van der Waals surface area contributed by atoms with E-state index in [0.717, 1.165) is 0 Å². The fraction of sp³-hybridized carbons (Fsp3) is 0. The fourth-order valence-corrected chi connectivity index (χ4v) is 1.33. The van der Waals surface area contributed by atoms with Crippen molar-refractivity contribution in [1.82, 2.24) is 4.98 Å². The first-order chi connectivity index (χ1) is 7.20. The van der Waals surface area contributed by atoms with Crippen LogP contribution in [0.1, 0.15) is 0 Å². The van der Waals surface area contributed by atoms with Crippen molar-refractivity contribution in [3.8, 4) is 28.5 Å². The maximum absolute atomic E-state index is 9.58. The molecule has 0 radical (unpaired) electrons. The summed E-state index contributed by atoms with van der Waals surface area (Å²) >= 11 is 0. The van der Waals surface area contributed by atoms with Crippen molar-refractivity contribution in [1.29, 1.82) is 0 Å². The van der Waals surface area contributed by atoms with Crippen molar-refractivity contribution < 1.29 is 15.3 Å². The number of benzene rings is 1. The largest absolute Gasteiger partial charge is 0.507 e. The number of aromatic nitrogens is 1. The second-order valence-electron chi connectivity index (χ2n) is 3.04. The molecule has 0 aliphatic rings. The minimum absolute atomic E-state index is 0.121. The van der Waals surface area contributed by atoms with Crippen molar-refractivity contribution in [3.63, 3.8) is 0 Å². The summed E-state index contributed by atoms with van der Waals surface area (Å²) in [6, 6.07) is 7.61. The highest BCUT2D eigenvalue weighted by Gasteiger charge is 2.14. The molecule has 0 unspecified atom stereocenters. The number of aromatic hydroxyl groups is 3. The van der Waals surface area contributed by atoms with E-state index in [1.54, 1.807) is 18.2 Å². The van der Waals surface area contributed by atoms with E-state index in [1.807, 2.05) is 0 Å². The molecular weight excluding hydrogens is 194 g/mol. The number of hydrogen-bond donors (Lipinski definition) is 3. The molecule has 1 heterocycles. The van der Waals surface area contributed by atoms with E-state index in [1.165, 1.54) is 18.3 Å². The van der Waals surface area contributed by atoms with Gasteiger partial charge in [0.25, 0.3) is 0 Å². The van der Waals surface area contributed by atoms with E-state index in [2.05, 4.69) is 4.98 Å². The highest BCUT2D eigenvalue weighted by Crippen LogP contribution is 2.41. The van der Waals surface area contributed by atoms with Gasteiger partial charge in [-0.25, -0.2) is 0 Å². The number of nitrogens with zero attached hydrogens (tertiary/aromatic N) is 1. The van der Waals surface area contributed by atoms with Gasteiger partial charge in [-0.1, -0.05) is 6.07 Å². The van der Waals surface area contributed by atoms with Gasteiger partial charge in [0.1, 0.15) is 5.75 Å². The zero-order valence-corrected chi connectivity index (χ0v) is 7.75. The Kier molecular flexibility index (Phi) is 2.17. The Morgan fingerprint density at radius 2 is 1.60 bits per heavy atom.